The molecule has 3 amide bonds. The lowest BCUT2D eigenvalue weighted by molar-refractivity contribution is -0.137. The molecule has 1 aromatic carbocycles. The van der Waals surface area contributed by atoms with E-state index in [1.807, 2.05) is 0 Å². The Morgan fingerprint density at radius 3 is 2.17 bits per heavy atom. The minimum Gasteiger partial charge on any atom is -0.481 e. The molecule has 1 aliphatic rings. The quantitative estimate of drug-likeness (QED) is 0.550. The van der Waals surface area contributed by atoms with Gasteiger partial charge in [-0.1, -0.05) is 12.1 Å². The van der Waals surface area contributed by atoms with Gasteiger partial charge in [-0.2, -0.15) is 0 Å². The Morgan fingerprint density at radius 2 is 1.61 bits per heavy atom. The zero-order valence-corrected chi connectivity index (χ0v) is 12.6. The predicted molar refractivity (Wildman–Crippen MR) is 80.9 cm³/mol. The Bertz CT molecular complexity index is 606. The molecule has 122 valence electrons. The fourth-order valence-corrected chi connectivity index (χ4v) is 2.37. The van der Waals surface area contributed by atoms with Gasteiger partial charge in [-0.05, 0) is 25.0 Å². The van der Waals surface area contributed by atoms with Gasteiger partial charge in [0.2, 0.25) is 5.91 Å². The summed E-state index contributed by atoms with van der Waals surface area (Å²) >= 11 is 0. The number of fused-ring (bicyclic) bond motifs is 1. The van der Waals surface area contributed by atoms with Crippen LogP contribution in [0.5, 0.6) is 0 Å². The second kappa shape index (κ2) is 7.53. The van der Waals surface area contributed by atoms with Gasteiger partial charge < -0.3 is 10.4 Å². The lowest BCUT2D eigenvalue weighted by Gasteiger charge is -2.13. The molecule has 2 N–H and O–H groups in total. The lowest BCUT2D eigenvalue weighted by Crippen LogP contribution is -2.34. The predicted octanol–water partition coefficient (Wildman–Crippen LogP) is 1.04. The highest BCUT2D eigenvalue weighted by molar-refractivity contribution is 6.21. The Kier molecular flexibility index (Phi) is 5.46. The Morgan fingerprint density at radius 1 is 1.00 bits per heavy atom. The first-order valence-corrected chi connectivity index (χ1v) is 7.44. The number of unbranched alkanes of at least 4 members (excludes halogenated alkanes) is 1. The third kappa shape index (κ3) is 4.15. The molecule has 0 saturated heterocycles. The first-order valence-electron chi connectivity index (χ1n) is 7.44. The third-order valence-electron chi connectivity index (χ3n) is 3.58. The van der Waals surface area contributed by atoms with Crippen LogP contribution >= 0.6 is 0 Å². The van der Waals surface area contributed by atoms with Crippen molar-refractivity contribution < 1.29 is 24.3 Å². The first-order chi connectivity index (χ1) is 11.0. The maximum atomic E-state index is 12.1. The van der Waals surface area contributed by atoms with Crippen molar-refractivity contribution in [3.63, 3.8) is 0 Å². The van der Waals surface area contributed by atoms with Crippen LogP contribution in [-0.2, 0) is 9.59 Å². The van der Waals surface area contributed by atoms with E-state index in [2.05, 4.69) is 5.32 Å². The molecule has 1 aliphatic heterocycles. The van der Waals surface area contributed by atoms with E-state index >= 15 is 0 Å². The van der Waals surface area contributed by atoms with Crippen molar-refractivity contribution in [2.75, 3.05) is 13.1 Å². The molecule has 7 nitrogen and oxygen atoms in total. The number of nitrogens with one attached hydrogen (secondary N) is 1. The number of hydrogen-bond acceptors (Lipinski definition) is 4. The topological polar surface area (TPSA) is 104 Å². The fraction of sp³-hybridized carbons (Fsp3) is 0.375. The summed E-state index contributed by atoms with van der Waals surface area (Å²) in [5.74, 6) is -1.88. The maximum absolute atomic E-state index is 12.1. The van der Waals surface area contributed by atoms with Crippen LogP contribution in [0.25, 0.3) is 0 Å². The van der Waals surface area contributed by atoms with Gasteiger partial charge in [0.15, 0.2) is 0 Å². The molecule has 0 aliphatic carbocycles. The van der Waals surface area contributed by atoms with Crippen LogP contribution < -0.4 is 5.32 Å². The van der Waals surface area contributed by atoms with Crippen LogP contribution in [0.1, 0.15) is 46.4 Å². The van der Waals surface area contributed by atoms with Crippen molar-refractivity contribution in [2.24, 2.45) is 0 Å². The molecule has 0 saturated carbocycles. The Labute approximate surface area is 133 Å². The van der Waals surface area contributed by atoms with Crippen LogP contribution in [0, 0.1) is 0 Å². The van der Waals surface area contributed by atoms with Gasteiger partial charge >= 0.3 is 5.97 Å². The second-order valence-electron chi connectivity index (χ2n) is 5.26. The highest BCUT2D eigenvalue weighted by Crippen LogP contribution is 2.22. The molecule has 1 heterocycles. The minimum atomic E-state index is -0.859. The van der Waals surface area contributed by atoms with Gasteiger partial charge in [-0.15, -0.1) is 0 Å². The summed E-state index contributed by atoms with van der Waals surface area (Å²) in [5, 5.41) is 11.1. The summed E-state index contributed by atoms with van der Waals surface area (Å²) < 4.78 is 0. The number of benzene rings is 1. The molecular weight excluding hydrogens is 300 g/mol. The van der Waals surface area contributed by atoms with E-state index in [9.17, 15) is 19.2 Å². The van der Waals surface area contributed by atoms with Gasteiger partial charge in [-0.25, -0.2) is 0 Å². The van der Waals surface area contributed by atoms with Gasteiger partial charge in [0.05, 0.1) is 11.1 Å². The third-order valence-corrected chi connectivity index (χ3v) is 3.58. The summed E-state index contributed by atoms with van der Waals surface area (Å²) in [6.07, 6.45) is 1.17. The Balaban J connectivity index is 1.74. The van der Waals surface area contributed by atoms with Crippen molar-refractivity contribution in [1.29, 1.82) is 0 Å². The summed E-state index contributed by atoms with van der Waals surface area (Å²) in [6, 6.07) is 6.57. The standard InChI is InChI=1S/C16H18N2O5/c19-13(17-9-4-3-7-14(20)21)8-10-18-15(22)11-5-1-2-6-12(11)16(18)23/h1-2,5-6H,3-4,7-10H2,(H,17,19)(H,20,21). The highest BCUT2D eigenvalue weighted by Gasteiger charge is 2.34. The van der Waals surface area contributed by atoms with E-state index in [-0.39, 0.29) is 37.1 Å². The molecule has 0 radical (unpaired) electrons. The van der Waals surface area contributed by atoms with E-state index in [1.165, 1.54) is 0 Å². The lowest BCUT2D eigenvalue weighted by atomic mass is 10.1. The number of imide groups is 1. The van der Waals surface area contributed by atoms with Gasteiger partial charge in [-0.3, -0.25) is 24.1 Å². The zero-order valence-electron chi connectivity index (χ0n) is 12.6. The maximum Gasteiger partial charge on any atom is 0.303 e. The number of carbonyl (C=O) groups is 4. The van der Waals surface area contributed by atoms with Crippen LogP contribution in [0.4, 0.5) is 0 Å². The molecule has 0 fully saturated rings. The smallest absolute Gasteiger partial charge is 0.303 e. The van der Waals surface area contributed by atoms with Crippen LogP contribution in [0.2, 0.25) is 0 Å². The summed E-state index contributed by atoms with van der Waals surface area (Å²) in [4.78, 5) is 47.3. The summed E-state index contributed by atoms with van der Waals surface area (Å²) in [5.41, 5.74) is 0.734. The molecule has 7 heteroatoms. The number of aliphatic carboxylic acids is 1. The minimum absolute atomic E-state index is 0.0321. The molecule has 23 heavy (non-hydrogen) atoms. The highest BCUT2D eigenvalue weighted by atomic mass is 16.4. The van der Waals surface area contributed by atoms with Gasteiger partial charge in [0.1, 0.15) is 0 Å². The van der Waals surface area contributed by atoms with Crippen LogP contribution in [0.15, 0.2) is 24.3 Å². The average molecular weight is 318 g/mol. The molecule has 0 unspecified atom stereocenters. The molecule has 0 spiro atoms. The monoisotopic (exact) mass is 318 g/mol. The van der Waals surface area contributed by atoms with Crippen molar-refractivity contribution in [3.8, 4) is 0 Å². The fourth-order valence-electron chi connectivity index (χ4n) is 2.37. The van der Waals surface area contributed by atoms with E-state index in [0.717, 1.165) is 4.90 Å². The molecular formula is C16H18N2O5. The SMILES string of the molecule is O=C(O)CCCCNC(=O)CCN1C(=O)c2ccccc2C1=O. The number of rotatable bonds is 8. The van der Waals surface area contributed by atoms with Crippen molar-refractivity contribution >= 4 is 23.7 Å². The number of carbonyl (C=O) groups excluding carboxylic acids is 3. The molecule has 0 bridgehead atoms. The number of nitrogens with zero attached hydrogens (tertiary/aromatic N) is 1. The van der Waals surface area contributed by atoms with Gasteiger partial charge in [0, 0.05) is 25.9 Å². The van der Waals surface area contributed by atoms with Crippen molar-refractivity contribution in [1.82, 2.24) is 10.2 Å². The van der Waals surface area contributed by atoms with Crippen molar-refractivity contribution in [3.05, 3.63) is 35.4 Å². The normalized spacial score (nSPS) is 13.1. The average Bonchev–Trinajstić information content (AvgIpc) is 2.77. The summed E-state index contributed by atoms with van der Waals surface area (Å²) in [6.45, 7) is 0.418. The van der Waals surface area contributed by atoms with Crippen LogP contribution in [-0.4, -0.2) is 46.8 Å². The van der Waals surface area contributed by atoms with E-state index in [1.54, 1.807) is 24.3 Å². The van der Waals surface area contributed by atoms with E-state index < -0.39 is 5.97 Å². The zero-order chi connectivity index (χ0) is 16.8. The largest absolute Gasteiger partial charge is 0.481 e. The number of carboxylic acid groups (broad SMARTS) is 1. The summed E-state index contributed by atoms with van der Waals surface area (Å²) in [7, 11) is 0. The number of hydrogen-bond donors (Lipinski definition) is 2. The van der Waals surface area contributed by atoms with Crippen LogP contribution in [0.3, 0.4) is 0 Å². The molecule has 2 rings (SSSR count). The van der Waals surface area contributed by atoms with Crippen molar-refractivity contribution in [2.45, 2.75) is 25.7 Å². The second-order valence-corrected chi connectivity index (χ2v) is 5.26. The van der Waals surface area contributed by atoms with E-state index in [4.69, 9.17) is 5.11 Å². The molecule has 1 aromatic rings. The molecule has 0 atom stereocenters. The number of carboxylic acids is 1. The van der Waals surface area contributed by atoms with E-state index in [0.29, 0.717) is 30.5 Å². The van der Waals surface area contributed by atoms with Gasteiger partial charge in [0.25, 0.3) is 11.8 Å². The first kappa shape index (κ1) is 16.7. The molecule has 0 aromatic heterocycles. The Hall–Kier alpha value is -2.70. The number of amides is 3.